The molecule has 2 heterocycles. The van der Waals surface area contributed by atoms with Crippen molar-refractivity contribution in [2.24, 2.45) is 33.7 Å². The molecule has 0 saturated heterocycles. The Morgan fingerprint density at radius 3 is 2.77 bits per heavy atom. The summed E-state index contributed by atoms with van der Waals surface area (Å²) in [6, 6.07) is 7.94. The van der Waals surface area contributed by atoms with Gasteiger partial charge in [-0.15, -0.1) is 0 Å². The molecule has 0 radical (unpaired) electrons. The number of rotatable bonds is 6. The van der Waals surface area contributed by atoms with E-state index < -0.39 is 16.6 Å². The zero-order valence-electron chi connectivity index (χ0n) is 24.3. The molecule has 8 atom stereocenters. The largest absolute Gasteiger partial charge is 0.462 e. The number of benzene rings is 1. The lowest BCUT2D eigenvalue weighted by molar-refractivity contribution is -0.238. The highest BCUT2D eigenvalue weighted by Gasteiger charge is 2.71. The predicted molar refractivity (Wildman–Crippen MR) is 167 cm³/mol. The van der Waals surface area contributed by atoms with Crippen molar-refractivity contribution in [3.8, 4) is 0 Å². The van der Waals surface area contributed by atoms with Crippen LogP contribution in [0.3, 0.4) is 0 Å². The number of aromatic nitrogens is 1. The highest BCUT2D eigenvalue weighted by molar-refractivity contribution is 9.09. The number of aliphatic hydroxyl groups is 2. The summed E-state index contributed by atoms with van der Waals surface area (Å²) in [6.45, 7) is 2.50. The van der Waals surface area contributed by atoms with Crippen LogP contribution in [0.2, 0.25) is 0 Å². The molecule has 0 spiro atoms. The molecule has 9 nitrogen and oxygen atoms in total. The number of fused-ring (bicyclic) bond motifs is 6. The third-order valence-electron chi connectivity index (χ3n) is 11.8. The highest BCUT2D eigenvalue weighted by Crippen LogP contribution is 2.70. The van der Waals surface area contributed by atoms with E-state index in [4.69, 9.17) is 14.6 Å². The molecule has 4 aliphatic carbocycles. The molecule has 0 bridgehead atoms. The third kappa shape index (κ3) is 4.51. The van der Waals surface area contributed by atoms with Crippen LogP contribution in [-0.4, -0.2) is 62.6 Å². The quantitative estimate of drug-likeness (QED) is 0.162. The first-order valence-electron chi connectivity index (χ1n) is 15.3. The van der Waals surface area contributed by atoms with E-state index in [1.165, 1.54) is 11.3 Å². The summed E-state index contributed by atoms with van der Waals surface area (Å²) in [5.41, 5.74) is 1.88. The number of ether oxygens (including phenoxy) is 2. The van der Waals surface area contributed by atoms with E-state index in [9.17, 15) is 19.8 Å². The minimum atomic E-state index is -1.14. The monoisotopic (exact) mass is 671 g/mol. The van der Waals surface area contributed by atoms with Gasteiger partial charge >= 0.3 is 11.9 Å². The van der Waals surface area contributed by atoms with Crippen LogP contribution in [0.4, 0.5) is 5.13 Å². The molecule has 4 saturated carbocycles. The number of carbonyl (C=O) groups excluding carboxylic acids is 2. The molecule has 2 aromatic rings. The smallest absolute Gasteiger partial charge is 0.331 e. The van der Waals surface area contributed by atoms with E-state index in [0.29, 0.717) is 50.3 Å². The van der Waals surface area contributed by atoms with Gasteiger partial charge in [-0.3, -0.25) is 10.2 Å². The third-order valence-corrected chi connectivity index (χ3v) is 13.2. The van der Waals surface area contributed by atoms with Crippen molar-refractivity contribution in [3.05, 3.63) is 35.9 Å². The Balaban J connectivity index is 1.22. The molecule has 43 heavy (non-hydrogen) atoms. The van der Waals surface area contributed by atoms with Crippen molar-refractivity contribution in [2.45, 2.75) is 82.0 Å². The molecule has 4 fully saturated rings. The van der Waals surface area contributed by atoms with Crippen LogP contribution >= 0.6 is 27.3 Å². The fraction of sp³-hybridized carbons (Fsp3) is 0.625. The molecule has 0 amide bonds. The van der Waals surface area contributed by atoms with Crippen LogP contribution in [0.5, 0.6) is 0 Å². The van der Waals surface area contributed by atoms with Gasteiger partial charge in [0.05, 0.1) is 21.4 Å². The summed E-state index contributed by atoms with van der Waals surface area (Å²) in [5, 5.41) is 30.7. The molecule has 8 unspecified atom stereocenters. The Kier molecular flexibility index (Phi) is 7.26. The molecular weight excluding hydrogens is 634 g/mol. The minimum Gasteiger partial charge on any atom is -0.462 e. The van der Waals surface area contributed by atoms with E-state index in [1.54, 1.807) is 6.08 Å². The number of anilines is 1. The highest BCUT2D eigenvalue weighted by atomic mass is 79.9. The summed E-state index contributed by atoms with van der Waals surface area (Å²) >= 11 is 4.72. The van der Waals surface area contributed by atoms with Crippen LogP contribution in [0, 0.1) is 28.6 Å². The second-order valence-corrected chi connectivity index (χ2v) is 15.1. The van der Waals surface area contributed by atoms with E-state index in [-0.39, 0.29) is 46.5 Å². The maximum atomic E-state index is 12.7. The lowest BCUT2D eigenvalue weighted by atomic mass is 9.41. The Bertz CT molecular complexity index is 1480. The van der Waals surface area contributed by atoms with Gasteiger partial charge in [0, 0.05) is 29.5 Å². The zero-order chi connectivity index (χ0) is 30.0. The van der Waals surface area contributed by atoms with Crippen molar-refractivity contribution < 1.29 is 29.3 Å². The molecular formula is C32H38BrN3O6S. The number of esters is 2. The van der Waals surface area contributed by atoms with Gasteiger partial charge in [-0.05, 0) is 86.8 Å². The van der Waals surface area contributed by atoms with Gasteiger partial charge in [0.15, 0.2) is 0 Å². The number of thiazole rings is 1. The summed E-state index contributed by atoms with van der Waals surface area (Å²) < 4.78 is 12.1. The Hall–Kier alpha value is -2.34. The van der Waals surface area contributed by atoms with Gasteiger partial charge in [0.1, 0.15) is 18.0 Å². The number of hydrogen-bond donors (Lipinski definition) is 3. The number of carbonyl (C=O) groups is 2. The van der Waals surface area contributed by atoms with Crippen LogP contribution in [0.1, 0.15) is 64.7 Å². The van der Waals surface area contributed by atoms with Crippen molar-refractivity contribution in [1.82, 2.24) is 4.98 Å². The van der Waals surface area contributed by atoms with Gasteiger partial charge in [-0.1, -0.05) is 46.3 Å². The normalized spacial score (nSPS) is 40.5. The number of nitrogens with one attached hydrogen (secondary N) is 1. The first-order chi connectivity index (χ1) is 20.6. The molecule has 3 N–H and O–H groups in total. The van der Waals surface area contributed by atoms with E-state index in [1.807, 2.05) is 30.5 Å². The number of cyclic esters (lactones) is 1. The van der Waals surface area contributed by atoms with Crippen molar-refractivity contribution in [3.63, 3.8) is 0 Å². The van der Waals surface area contributed by atoms with Gasteiger partial charge in [0.2, 0.25) is 5.13 Å². The molecule has 1 aromatic carbocycles. The number of hydrogen-bond acceptors (Lipinski definition) is 10. The average Bonchev–Trinajstić information content (AvgIpc) is 3.67. The van der Waals surface area contributed by atoms with Gasteiger partial charge in [-0.25, -0.2) is 9.78 Å². The molecule has 230 valence electrons. The van der Waals surface area contributed by atoms with Crippen molar-refractivity contribution in [2.75, 3.05) is 17.4 Å². The van der Waals surface area contributed by atoms with Crippen LogP contribution < -0.4 is 5.43 Å². The topological polar surface area (TPSA) is 130 Å². The molecule has 1 aromatic heterocycles. The van der Waals surface area contributed by atoms with Gasteiger partial charge < -0.3 is 19.7 Å². The molecule has 5 aliphatic rings. The number of halogens is 1. The van der Waals surface area contributed by atoms with Gasteiger partial charge in [-0.2, -0.15) is 5.10 Å². The van der Waals surface area contributed by atoms with Crippen molar-refractivity contribution >= 4 is 60.8 Å². The van der Waals surface area contributed by atoms with Gasteiger partial charge in [0.25, 0.3) is 0 Å². The Morgan fingerprint density at radius 2 is 2.00 bits per heavy atom. The van der Waals surface area contributed by atoms with E-state index in [0.717, 1.165) is 35.1 Å². The standard InChI is InChI=1S/C32H38BrN3O6S/c1-29-10-7-22-23(32(29,40)13-9-21(29)19-14-26(37)41-17-19)8-12-31(39)15-20(42-27(38)16-33)6-11-30(22,31)18-34-36-28-35-24-4-2-3-5-25(24)43-28/h2-5,14,18,20-23,39-40H,6-13,15-17H2,1H3,(H,35,36). The fourth-order valence-corrected chi connectivity index (χ4v) is 10.7. The lowest BCUT2D eigenvalue weighted by Crippen LogP contribution is -2.69. The number of nitrogens with zero attached hydrogens (tertiary/aromatic N) is 2. The predicted octanol–water partition coefficient (Wildman–Crippen LogP) is 5.35. The second kappa shape index (κ2) is 10.6. The zero-order valence-corrected chi connectivity index (χ0v) is 26.7. The maximum absolute atomic E-state index is 12.7. The minimum absolute atomic E-state index is 0.00717. The Labute approximate surface area is 263 Å². The molecule has 1 aliphatic heterocycles. The van der Waals surface area contributed by atoms with Crippen LogP contribution in [0.25, 0.3) is 10.2 Å². The SMILES string of the molecule is CC12CCC3C(CCC4(O)CC(OC(=O)CBr)CCC34C=NNc3nc4ccccc4s3)C1(O)CCC2C1=CC(=O)OC1. The first-order valence-corrected chi connectivity index (χ1v) is 17.3. The number of alkyl halides is 1. The summed E-state index contributed by atoms with van der Waals surface area (Å²) in [7, 11) is 0. The fourth-order valence-electron chi connectivity index (χ4n) is 9.78. The second-order valence-electron chi connectivity index (χ2n) is 13.5. The lowest BCUT2D eigenvalue weighted by Gasteiger charge is -2.65. The average molecular weight is 673 g/mol. The summed E-state index contributed by atoms with van der Waals surface area (Å²) in [4.78, 5) is 28.7. The molecule has 11 heteroatoms. The summed E-state index contributed by atoms with van der Waals surface area (Å²) in [5.74, 6) is -0.573. The van der Waals surface area contributed by atoms with E-state index >= 15 is 0 Å². The number of hydrazone groups is 1. The van der Waals surface area contributed by atoms with Crippen LogP contribution in [-0.2, 0) is 19.1 Å². The first kappa shape index (κ1) is 29.4. The number of para-hydroxylation sites is 1. The van der Waals surface area contributed by atoms with Crippen LogP contribution in [0.15, 0.2) is 41.0 Å². The maximum Gasteiger partial charge on any atom is 0.331 e. The van der Waals surface area contributed by atoms with Crippen molar-refractivity contribution in [1.29, 1.82) is 0 Å². The summed E-state index contributed by atoms with van der Waals surface area (Å²) in [6.07, 6.45) is 8.94. The molecule has 7 rings (SSSR count). The van der Waals surface area contributed by atoms with E-state index in [2.05, 4.69) is 33.3 Å². The Morgan fingerprint density at radius 1 is 1.19 bits per heavy atom.